The van der Waals surface area contributed by atoms with Crippen LogP contribution in [0.5, 0.6) is 0 Å². The van der Waals surface area contributed by atoms with Gasteiger partial charge in [-0.3, -0.25) is 9.69 Å². The number of rotatable bonds is 6. The van der Waals surface area contributed by atoms with Crippen molar-refractivity contribution in [3.05, 3.63) is 65.2 Å². The molecule has 1 amide bonds. The van der Waals surface area contributed by atoms with Crippen LogP contribution in [0.4, 0.5) is 0 Å². The molecular weight excluding hydrogens is 350 g/mol. The first-order chi connectivity index (χ1) is 12.5. The summed E-state index contributed by atoms with van der Waals surface area (Å²) in [5, 5.41) is 18.3. The molecule has 0 spiro atoms. The molecule has 0 aliphatic carbocycles. The van der Waals surface area contributed by atoms with E-state index in [0.717, 1.165) is 19.5 Å². The quantitative estimate of drug-likeness (QED) is 0.698. The lowest BCUT2D eigenvalue weighted by molar-refractivity contribution is 0.0842. The normalized spacial score (nSPS) is 16.5. The molecule has 0 bridgehead atoms. The number of amides is 1. The Bertz CT molecular complexity index is 795. The molecule has 0 saturated heterocycles. The van der Waals surface area contributed by atoms with Crippen LogP contribution in [-0.4, -0.2) is 45.9 Å². The zero-order valence-corrected chi connectivity index (χ0v) is 15.2. The molecule has 2 unspecified atom stereocenters. The Kier molecular flexibility index (Phi) is 6.16. The third-order valence-electron chi connectivity index (χ3n) is 4.53. The summed E-state index contributed by atoms with van der Waals surface area (Å²) in [6.45, 7) is 2.42. The summed E-state index contributed by atoms with van der Waals surface area (Å²) in [5.41, 5.74) is 3.11. The maximum atomic E-state index is 12.1. The number of hydrogen-bond acceptors (Lipinski definition) is 4. The van der Waals surface area contributed by atoms with Gasteiger partial charge in [-0.05, 0) is 41.8 Å². The maximum absolute atomic E-state index is 12.1. The van der Waals surface area contributed by atoms with E-state index < -0.39 is 17.1 Å². The smallest absolute Gasteiger partial charge is 0.251 e. The Morgan fingerprint density at radius 3 is 2.58 bits per heavy atom. The van der Waals surface area contributed by atoms with Crippen LogP contribution in [0.1, 0.15) is 21.5 Å². The fraction of sp³-hybridized carbons (Fsp3) is 0.316. The average Bonchev–Trinajstić information content (AvgIpc) is 2.66. The predicted octanol–water partition coefficient (Wildman–Crippen LogP) is 0.817. The van der Waals surface area contributed by atoms with Crippen LogP contribution >= 0.6 is 0 Å². The average molecular weight is 373 g/mol. The van der Waals surface area contributed by atoms with Crippen LogP contribution in [0.25, 0.3) is 0 Å². The highest BCUT2D eigenvalue weighted by molar-refractivity contribution is 7.82. The lowest BCUT2D eigenvalue weighted by Gasteiger charge is -2.30. The van der Waals surface area contributed by atoms with Gasteiger partial charge < -0.3 is 10.4 Å². The molecule has 1 aliphatic rings. The molecule has 4 N–H and O–H groups in total. The van der Waals surface area contributed by atoms with Crippen LogP contribution in [-0.2, 0) is 24.0 Å². The van der Waals surface area contributed by atoms with Crippen molar-refractivity contribution in [3.8, 4) is 0 Å². The molecule has 0 fully saturated rings. The van der Waals surface area contributed by atoms with Crippen molar-refractivity contribution in [2.45, 2.75) is 24.0 Å². The molecule has 1 aliphatic heterocycles. The Morgan fingerprint density at radius 1 is 1.19 bits per heavy atom. The highest BCUT2D eigenvalue weighted by Crippen LogP contribution is 2.18. The summed E-state index contributed by atoms with van der Waals surface area (Å²) in [7, 11) is -1.56. The number of nitrogens with two attached hydrogens (primary N) is 1. The summed E-state index contributed by atoms with van der Waals surface area (Å²) < 4.78 is 11.2. The van der Waals surface area contributed by atoms with Crippen molar-refractivity contribution in [1.29, 1.82) is 0 Å². The van der Waals surface area contributed by atoms with E-state index in [0.29, 0.717) is 17.0 Å². The Labute approximate surface area is 155 Å². The van der Waals surface area contributed by atoms with Gasteiger partial charge >= 0.3 is 0 Å². The molecule has 138 valence electrons. The van der Waals surface area contributed by atoms with Gasteiger partial charge in [-0.25, -0.2) is 9.35 Å². The summed E-state index contributed by atoms with van der Waals surface area (Å²) in [5.74, 6) is -0.276. The molecule has 26 heavy (non-hydrogen) atoms. The minimum Gasteiger partial charge on any atom is -0.390 e. The molecule has 0 aromatic heterocycles. The molecule has 3 rings (SSSR count). The summed E-state index contributed by atoms with van der Waals surface area (Å²) >= 11 is 0. The molecular formula is C19H23N3O3S. The summed E-state index contributed by atoms with van der Waals surface area (Å²) in [6.07, 6.45) is 0.337. The van der Waals surface area contributed by atoms with Crippen molar-refractivity contribution in [2.75, 3.05) is 19.6 Å². The molecule has 0 radical (unpaired) electrons. The minimum atomic E-state index is -1.56. The maximum Gasteiger partial charge on any atom is 0.251 e. The number of aliphatic hydroxyl groups is 1. The van der Waals surface area contributed by atoms with Crippen molar-refractivity contribution >= 4 is 16.9 Å². The topological polar surface area (TPSA) is 95.7 Å². The van der Waals surface area contributed by atoms with Gasteiger partial charge in [0, 0.05) is 31.7 Å². The molecule has 2 aromatic rings. The first-order valence-electron chi connectivity index (χ1n) is 8.54. The standard InChI is InChI=1S/C19H23N3O3S/c20-26(25)18-7-5-15(6-8-18)19(24)21-11-17(23)13-22-10-9-14-3-1-2-4-16(14)12-22/h1-8,17,23H,9-13,20H2,(H,21,24). The number of fused-ring (bicyclic) bond motifs is 1. The summed E-state index contributed by atoms with van der Waals surface area (Å²) in [4.78, 5) is 14.8. The van der Waals surface area contributed by atoms with Crippen molar-refractivity contribution in [3.63, 3.8) is 0 Å². The van der Waals surface area contributed by atoms with Gasteiger partial charge in [0.15, 0.2) is 0 Å². The van der Waals surface area contributed by atoms with Crippen LogP contribution in [0, 0.1) is 0 Å². The number of aliphatic hydroxyl groups excluding tert-OH is 1. The van der Waals surface area contributed by atoms with E-state index >= 15 is 0 Å². The lowest BCUT2D eigenvalue weighted by atomic mass is 10.00. The molecule has 2 aromatic carbocycles. The van der Waals surface area contributed by atoms with E-state index in [4.69, 9.17) is 5.14 Å². The highest BCUT2D eigenvalue weighted by Gasteiger charge is 2.19. The number of carbonyl (C=O) groups excluding carboxylic acids is 1. The van der Waals surface area contributed by atoms with Gasteiger partial charge in [0.25, 0.3) is 5.91 Å². The molecule has 2 atom stereocenters. The second-order valence-corrected chi connectivity index (χ2v) is 7.51. The fourth-order valence-corrected chi connectivity index (χ4v) is 3.53. The Morgan fingerprint density at radius 2 is 1.88 bits per heavy atom. The van der Waals surface area contributed by atoms with E-state index in [2.05, 4.69) is 28.4 Å². The molecule has 0 saturated carbocycles. The number of nitrogens with one attached hydrogen (secondary N) is 1. The lowest BCUT2D eigenvalue weighted by Crippen LogP contribution is -2.42. The zero-order valence-electron chi connectivity index (χ0n) is 14.4. The van der Waals surface area contributed by atoms with Gasteiger partial charge in [-0.1, -0.05) is 24.3 Å². The predicted molar refractivity (Wildman–Crippen MR) is 101 cm³/mol. The highest BCUT2D eigenvalue weighted by atomic mass is 32.2. The van der Waals surface area contributed by atoms with Crippen molar-refractivity contribution < 1.29 is 14.1 Å². The SMILES string of the molecule is NS(=O)c1ccc(C(=O)NCC(O)CN2CCc3ccccc3C2)cc1. The number of β-amino-alcohol motifs (C(OH)–C–C–N with tert-alkyl or cyclic N) is 1. The van der Waals surface area contributed by atoms with Gasteiger partial charge in [-0.2, -0.15) is 0 Å². The van der Waals surface area contributed by atoms with Gasteiger partial charge in [0.1, 0.15) is 11.0 Å². The second-order valence-electron chi connectivity index (χ2n) is 6.44. The third-order valence-corrected chi connectivity index (χ3v) is 5.26. The van der Waals surface area contributed by atoms with Crippen LogP contribution in [0.3, 0.4) is 0 Å². The fourth-order valence-electron chi connectivity index (χ4n) is 3.13. The second kappa shape index (κ2) is 8.55. The van der Waals surface area contributed by atoms with Crippen molar-refractivity contribution in [1.82, 2.24) is 10.2 Å². The zero-order chi connectivity index (χ0) is 18.5. The number of hydrogen-bond donors (Lipinski definition) is 3. The van der Waals surface area contributed by atoms with E-state index in [9.17, 15) is 14.1 Å². The molecule has 1 heterocycles. The van der Waals surface area contributed by atoms with Gasteiger partial charge in [0.05, 0.1) is 11.0 Å². The molecule has 6 nitrogen and oxygen atoms in total. The van der Waals surface area contributed by atoms with E-state index in [1.165, 1.54) is 11.1 Å². The number of carbonyl (C=O) groups is 1. The van der Waals surface area contributed by atoms with Crippen molar-refractivity contribution in [2.24, 2.45) is 5.14 Å². The monoisotopic (exact) mass is 373 g/mol. The van der Waals surface area contributed by atoms with Gasteiger partial charge in [-0.15, -0.1) is 0 Å². The number of benzene rings is 2. The van der Waals surface area contributed by atoms with E-state index in [-0.39, 0.29) is 12.5 Å². The van der Waals surface area contributed by atoms with E-state index in [1.807, 2.05) is 6.07 Å². The first-order valence-corrected chi connectivity index (χ1v) is 9.76. The van der Waals surface area contributed by atoms with Crippen LogP contribution in [0.15, 0.2) is 53.4 Å². The summed E-state index contributed by atoms with van der Waals surface area (Å²) in [6, 6.07) is 14.6. The Hall–Kier alpha value is -2.06. The Balaban J connectivity index is 1.47. The van der Waals surface area contributed by atoms with E-state index in [1.54, 1.807) is 24.3 Å². The molecule has 7 heteroatoms. The van der Waals surface area contributed by atoms with Crippen LogP contribution < -0.4 is 10.5 Å². The third kappa shape index (κ3) is 4.76. The largest absolute Gasteiger partial charge is 0.390 e. The minimum absolute atomic E-state index is 0.182. The van der Waals surface area contributed by atoms with Gasteiger partial charge in [0.2, 0.25) is 0 Å². The van der Waals surface area contributed by atoms with Crippen LogP contribution in [0.2, 0.25) is 0 Å². The number of nitrogens with zero attached hydrogens (tertiary/aromatic N) is 1. The first kappa shape index (κ1) is 18.7.